The topological polar surface area (TPSA) is 3.24 Å². The lowest BCUT2D eigenvalue weighted by Crippen LogP contribution is -2.40. The average molecular weight is 278 g/mol. The quantitative estimate of drug-likeness (QED) is 0.659. The molecule has 0 aliphatic carbocycles. The van der Waals surface area contributed by atoms with Crippen molar-refractivity contribution in [1.82, 2.24) is 4.90 Å². The highest BCUT2D eigenvalue weighted by Crippen LogP contribution is 2.28. The van der Waals surface area contributed by atoms with E-state index in [0.29, 0.717) is 11.5 Å². The molecule has 0 N–H and O–H groups in total. The van der Waals surface area contributed by atoms with Gasteiger partial charge in [0, 0.05) is 17.9 Å². The lowest BCUT2D eigenvalue weighted by Gasteiger charge is -2.36. The van der Waals surface area contributed by atoms with Crippen LogP contribution in [0.1, 0.15) is 48.0 Å². The van der Waals surface area contributed by atoms with Crippen molar-refractivity contribution in [3.05, 3.63) is 0 Å². The molecule has 0 amide bonds. The molecule has 92 valence electrons. The smallest absolute Gasteiger partial charge is 0.00768 e. The Morgan fingerprint density at radius 3 is 2.00 bits per heavy atom. The van der Waals surface area contributed by atoms with Gasteiger partial charge in [0.2, 0.25) is 0 Å². The monoisotopic (exact) mass is 277 g/mol. The Morgan fingerprint density at radius 1 is 1.20 bits per heavy atom. The second-order valence-corrected chi connectivity index (χ2v) is 6.21. The molecule has 0 aromatic heterocycles. The maximum atomic E-state index is 3.65. The first kappa shape index (κ1) is 15.4. The normalized spacial score (nSPS) is 16.8. The van der Waals surface area contributed by atoms with Crippen molar-refractivity contribution < 1.29 is 0 Å². The minimum absolute atomic E-state index is 0.393. The van der Waals surface area contributed by atoms with Crippen molar-refractivity contribution in [1.29, 1.82) is 0 Å². The molecule has 0 fully saturated rings. The summed E-state index contributed by atoms with van der Waals surface area (Å²) in [6, 6.07) is 0.707. The van der Waals surface area contributed by atoms with Crippen LogP contribution in [0.2, 0.25) is 0 Å². The summed E-state index contributed by atoms with van der Waals surface area (Å²) in [7, 11) is 0. The molecule has 2 atom stereocenters. The molecule has 0 saturated heterocycles. The van der Waals surface area contributed by atoms with Gasteiger partial charge in [-0.25, -0.2) is 0 Å². The van der Waals surface area contributed by atoms with E-state index >= 15 is 0 Å². The summed E-state index contributed by atoms with van der Waals surface area (Å²) in [4.78, 5) is 2.59. The summed E-state index contributed by atoms with van der Waals surface area (Å²) in [5, 5.41) is 1.10. The van der Waals surface area contributed by atoms with Crippen molar-refractivity contribution in [2.45, 2.75) is 54.0 Å². The highest BCUT2D eigenvalue weighted by Gasteiger charge is 2.26. The van der Waals surface area contributed by atoms with Crippen LogP contribution in [0.5, 0.6) is 0 Å². The van der Waals surface area contributed by atoms with Gasteiger partial charge in [-0.2, -0.15) is 0 Å². The van der Waals surface area contributed by atoms with Crippen LogP contribution in [-0.4, -0.2) is 29.4 Å². The molecule has 0 aromatic carbocycles. The van der Waals surface area contributed by atoms with Gasteiger partial charge in [0.25, 0.3) is 0 Å². The van der Waals surface area contributed by atoms with E-state index < -0.39 is 0 Å². The Hall–Kier alpha value is 0.440. The van der Waals surface area contributed by atoms with Gasteiger partial charge in [0.15, 0.2) is 0 Å². The highest BCUT2D eigenvalue weighted by atomic mass is 79.9. The number of alkyl halides is 1. The second-order valence-electron chi connectivity index (χ2n) is 5.56. The predicted molar refractivity (Wildman–Crippen MR) is 73.7 cm³/mol. The third kappa shape index (κ3) is 5.35. The van der Waals surface area contributed by atoms with Gasteiger partial charge in [-0.3, -0.25) is 0 Å². The summed E-state index contributed by atoms with van der Waals surface area (Å²) in [6.45, 7) is 16.2. The third-order valence-electron chi connectivity index (χ3n) is 3.49. The molecule has 0 radical (unpaired) electrons. The van der Waals surface area contributed by atoms with E-state index in [1.54, 1.807) is 0 Å². The van der Waals surface area contributed by atoms with E-state index in [9.17, 15) is 0 Å². The minimum atomic E-state index is 0.393. The minimum Gasteiger partial charge on any atom is -0.301 e. The van der Waals surface area contributed by atoms with E-state index in [1.807, 2.05) is 0 Å². The van der Waals surface area contributed by atoms with Crippen LogP contribution in [0.3, 0.4) is 0 Å². The fourth-order valence-electron chi connectivity index (χ4n) is 1.72. The Bertz CT molecular complexity index is 162. The van der Waals surface area contributed by atoms with E-state index in [-0.39, 0.29) is 0 Å². The molecule has 0 saturated carbocycles. The van der Waals surface area contributed by atoms with Crippen molar-refractivity contribution in [2.75, 3.05) is 18.4 Å². The zero-order chi connectivity index (χ0) is 12.1. The molecule has 0 aromatic rings. The first-order valence-electron chi connectivity index (χ1n) is 6.16. The number of nitrogens with zero attached hydrogens (tertiary/aromatic N) is 1. The summed E-state index contributed by atoms with van der Waals surface area (Å²) in [6.07, 6.45) is 1.24. The highest BCUT2D eigenvalue weighted by molar-refractivity contribution is 9.09. The summed E-state index contributed by atoms with van der Waals surface area (Å²) in [5.74, 6) is 0.728. The van der Waals surface area contributed by atoms with Gasteiger partial charge in [0.05, 0.1) is 0 Å². The first-order chi connectivity index (χ1) is 6.86. The van der Waals surface area contributed by atoms with Crippen LogP contribution in [0.4, 0.5) is 0 Å². The molecule has 0 spiro atoms. The van der Waals surface area contributed by atoms with E-state index in [4.69, 9.17) is 0 Å². The Labute approximate surface area is 105 Å². The van der Waals surface area contributed by atoms with Crippen molar-refractivity contribution in [3.63, 3.8) is 0 Å². The zero-order valence-electron chi connectivity index (χ0n) is 11.3. The molecule has 0 rings (SSSR count). The fraction of sp³-hybridized carbons (Fsp3) is 1.00. The Kier molecular flexibility index (Phi) is 7.10. The number of hydrogen-bond donors (Lipinski definition) is 0. The fourth-order valence-corrected chi connectivity index (χ4v) is 2.89. The Balaban J connectivity index is 4.37. The maximum absolute atomic E-state index is 3.65. The standard InChI is InChI=1S/C13H28BrN/c1-7-11(3)15(8-2)10-12(9-14)13(4,5)6/h11-12H,7-10H2,1-6H3. The van der Waals surface area contributed by atoms with Crippen molar-refractivity contribution in [3.8, 4) is 0 Å². The van der Waals surface area contributed by atoms with Crippen molar-refractivity contribution in [2.24, 2.45) is 11.3 Å². The lowest BCUT2D eigenvalue weighted by atomic mass is 9.81. The largest absolute Gasteiger partial charge is 0.301 e. The van der Waals surface area contributed by atoms with Crippen LogP contribution in [0.25, 0.3) is 0 Å². The van der Waals surface area contributed by atoms with Crippen molar-refractivity contribution >= 4 is 15.9 Å². The van der Waals surface area contributed by atoms with Gasteiger partial charge in [-0.05, 0) is 31.2 Å². The number of halogens is 1. The van der Waals surface area contributed by atoms with Gasteiger partial charge in [0.1, 0.15) is 0 Å². The number of rotatable bonds is 6. The Morgan fingerprint density at radius 2 is 1.73 bits per heavy atom. The second kappa shape index (κ2) is 6.90. The van der Waals surface area contributed by atoms with Gasteiger partial charge in [-0.15, -0.1) is 0 Å². The van der Waals surface area contributed by atoms with Crippen LogP contribution in [0, 0.1) is 11.3 Å². The van der Waals surface area contributed by atoms with E-state index in [0.717, 1.165) is 17.8 Å². The molecule has 15 heavy (non-hydrogen) atoms. The third-order valence-corrected chi connectivity index (χ3v) is 4.27. The average Bonchev–Trinajstić information content (AvgIpc) is 2.16. The van der Waals surface area contributed by atoms with E-state index in [1.165, 1.54) is 13.0 Å². The lowest BCUT2D eigenvalue weighted by molar-refractivity contribution is 0.136. The summed E-state index contributed by atoms with van der Waals surface area (Å²) in [5.41, 5.74) is 0.393. The molecular formula is C13H28BrN. The SMILES string of the molecule is CCC(C)N(CC)CC(CBr)C(C)(C)C. The molecule has 0 aliphatic heterocycles. The molecule has 0 heterocycles. The molecule has 0 bridgehead atoms. The van der Waals surface area contributed by atoms with Crippen LogP contribution < -0.4 is 0 Å². The van der Waals surface area contributed by atoms with Gasteiger partial charge >= 0.3 is 0 Å². The molecule has 1 nitrogen and oxygen atoms in total. The van der Waals surface area contributed by atoms with Gasteiger partial charge < -0.3 is 4.90 Å². The van der Waals surface area contributed by atoms with Crippen LogP contribution in [0.15, 0.2) is 0 Å². The molecule has 2 heteroatoms. The van der Waals surface area contributed by atoms with Crippen LogP contribution in [-0.2, 0) is 0 Å². The molecule has 0 aliphatic rings. The molecular weight excluding hydrogens is 250 g/mol. The first-order valence-corrected chi connectivity index (χ1v) is 7.28. The number of hydrogen-bond acceptors (Lipinski definition) is 1. The molecule has 2 unspecified atom stereocenters. The summed E-state index contributed by atoms with van der Waals surface area (Å²) < 4.78 is 0. The van der Waals surface area contributed by atoms with Gasteiger partial charge in [-0.1, -0.05) is 50.5 Å². The van der Waals surface area contributed by atoms with Crippen LogP contribution >= 0.6 is 15.9 Å². The maximum Gasteiger partial charge on any atom is 0.00768 e. The van der Waals surface area contributed by atoms with E-state index in [2.05, 4.69) is 62.4 Å². The summed E-state index contributed by atoms with van der Waals surface area (Å²) >= 11 is 3.65. The zero-order valence-corrected chi connectivity index (χ0v) is 12.9. The predicted octanol–water partition coefficient (Wildman–Crippen LogP) is 4.16.